The van der Waals surface area contributed by atoms with Crippen LogP contribution in [0.15, 0.2) is 67.0 Å². The van der Waals surface area contributed by atoms with Crippen molar-refractivity contribution in [1.82, 2.24) is 4.98 Å². The SMILES string of the molecule is O=C(Nc1cc(F)ccc1N1CCc2ccccc21)c1ccncc1. The second-order valence-electron chi connectivity index (χ2n) is 5.88. The molecule has 3 aromatic rings. The Bertz CT molecular complexity index is 927. The smallest absolute Gasteiger partial charge is 0.255 e. The molecular formula is C20H16FN3O. The van der Waals surface area contributed by atoms with E-state index in [1.807, 2.05) is 18.2 Å². The molecule has 0 spiro atoms. The van der Waals surface area contributed by atoms with E-state index >= 15 is 0 Å². The van der Waals surface area contributed by atoms with Gasteiger partial charge in [0.25, 0.3) is 5.91 Å². The molecule has 0 bridgehead atoms. The fourth-order valence-electron chi connectivity index (χ4n) is 3.13. The molecule has 5 heteroatoms. The monoisotopic (exact) mass is 333 g/mol. The van der Waals surface area contributed by atoms with Crippen LogP contribution in [0.5, 0.6) is 0 Å². The Hall–Kier alpha value is -3.21. The minimum atomic E-state index is -0.388. The molecule has 0 saturated carbocycles. The molecule has 1 N–H and O–H groups in total. The number of nitrogens with zero attached hydrogens (tertiary/aromatic N) is 2. The molecule has 124 valence electrons. The van der Waals surface area contributed by atoms with Crippen LogP contribution in [0, 0.1) is 5.82 Å². The average Bonchev–Trinajstić information content (AvgIpc) is 3.07. The van der Waals surface area contributed by atoms with Gasteiger partial charge in [-0.3, -0.25) is 9.78 Å². The second kappa shape index (κ2) is 6.36. The Morgan fingerprint density at radius 2 is 1.84 bits per heavy atom. The average molecular weight is 333 g/mol. The molecule has 2 aromatic carbocycles. The lowest BCUT2D eigenvalue weighted by Gasteiger charge is -2.23. The van der Waals surface area contributed by atoms with E-state index in [4.69, 9.17) is 0 Å². The van der Waals surface area contributed by atoms with Crippen LogP contribution in [0.25, 0.3) is 0 Å². The quantitative estimate of drug-likeness (QED) is 0.782. The van der Waals surface area contributed by atoms with Crippen LogP contribution in [0.2, 0.25) is 0 Å². The third-order valence-corrected chi connectivity index (χ3v) is 4.33. The standard InChI is InChI=1S/C20H16FN3O/c21-16-5-6-19(24-12-9-14-3-1-2-4-18(14)24)17(13-16)23-20(25)15-7-10-22-11-8-15/h1-8,10-11,13H,9,12H2,(H,23,25). The van der Waals surface area contributed by atoms with Crippen molar-refractivity contribution in [2.75, 3.05) is 16.8 Å². The van der Waals surface area contributed by atoms with Crippen LogP contribution < -0.4 is 10.2 Å². The molecule has 1 aliphatic rings. The zero-order valence-electron chi connectivity index (χ0n) is 13.4. The third-order valence-electron chi connectivity index (χ3n) is 4.33. The van der Waals surface area contributed by atoms with Crippen LogP contribution in [0.4, 0.5) is 21.5 Å². The number of halogens is 1. The number of nitrogens with one attached hydrogen (secondary N) is 1. The molecule has 1 aromatic heterocycles. The van der Waals surface area contributed by atoms with Crippen LogP contribution in [-0.2, 0) is 6.42 Å². The van der Waals surface area contributed by atoms with Crippen LogP contribution in [0.3, 0.4) is 0 Å². The van der Waals surface area contributed by atoms with Crippen molar-refractivity contribution in [2.24, 2.45) is 0 Å². The maximum atomic E-state index is 13.8. The Kier molecular flexibility index (Phi) is 3.90. The number of rotatable bonds is 3. The van der Waals surface area contributed by atoms with Crippen molar-refractivity contribution >= 4 is 23.0 Å². The lowest BCUT2D eigenvalue weighted by atomic mass is 10.1. The molecule has 2 heterocycles. The van der Waals surface area contributed by atoms with Crippen LogP contribution in [0.1, 0.15) is 15.9 Å². The summed E-state index contributed by atoms with van der Waals surface area (Å²) in [6, 6.07) is 15.9. The van der Waals surface area contributed by atoms with Gasteiger partial charge >= 0.3 is 0 Å². The molecule has 4 rings (SSSR count). The minimum Gasteiger partial charge on any atom is -0.339 e. The molecule has 1 amide bonds. The molecule has 0 unspecified atom stereocenters. The predicted molar refractivity (Wildman–Crippen MR) is 95.7 cm³/mol. The first-order valence-electron chi connectivity index (χ1n) is 8.09. The van der Waals surface area contributed by atoms with Crippen molar-refractivity contribution in [3.05, 3.63) is 83.9 Å². The van der Waals surface area contributed by atoms with Gasteiger partial charge in [-0.15, -0.1) is 0 Å². The third kappa shape index (κ3) is 2.96. The highest BCUT2D eigenvalue weighted by atomic mass is 19.1. The molecule has 0 saturated heterocycles. The second-order valence-corrected chi connectivity index (χ2v) is 5.88. The number of hydrogen-bond acceptors (Lipinski definition) is 3. The van der Waals surface area contributed by atoms with Gasteiger partial charge in [0.15, 0.2) is 0 Å². The van der Waals surface area contributed by atoms with Gasteiger partial charge in [0.2, 0.25) is 0 Å². The Morgan fingerprint density at radius 3 is 2.68 bits per heavy atom. The number of carbonyl (C=O) groups is 1. The summed E-state index contributed by atoms with van der Waals surface area (Å²) < 4.78 is 13.8. The van der Waals surface area contributed by atoms with E-state index in [0.29, 0.717) is 11.3 Å². The summed E-state index contributed by atoms with van der Waals surface area (Å²) in [5, 5.41) is 2.83. The van der Waals surface area contributed by atoms with E-state index in [1.165, 1.54) is 17.7 Å². The number of benzene rings is 2. The largest absolute Gasteiger partial charge is 0.339 e. The van der Waals surface area contributed by atoms with E-state index in [2.05, 4.69) is 21.3 Å². The minimum absolute atomic E-state index is 0.290. The first-order chi connectivity index (χ1) is 12.2. The highest BCUT2D eigenvalue weighted by Gasteiger charge is 2.23. The number of anilines is 3. The summed E-state index contributed by atoms with van der Waals surface area (Å²) in [6.45, 7) is 0.795. The molecule has 4 nitrogen and oxygen atoms in total. The summed E-state index contributed by atoms with van der Waals surface area (Å²) >= 11 is 0. The van der Waals surface area contributed by atoms with Gasteiger partial charge < -0.3 is 10.2 Å². The lowest BCUT2D eigenvalue weighted by molar-refractivity contribution is 0.102. The highest BCUT2D eigenvalue weighted by molar-refractivity contribution is 6.06. The molecule has 25 heavy (non-hydrogen) atoms. The predicted octanol–water partition coefficient (Wildman–Crippen LogP) is 4.17. The number of pyridine rings is 1. The molecule has 1 aliphatic heterocycles. The molecule has 0 fully saturated rings. The van der Waals surface area contributed by atoms with Gasteiger partial charge in [0.05, 0.1) is 11.4 Å². The Morgan fingerprint density at radius 1 is 1.04 bits per heavy atom. The van der Waals surface area contributed by atoms with Crippen molar-refractivity contribution < 1.29 is 9.18 Å². The Balaban J connectivity index is 1.70. The van der Waals surface area contributed by atoms with Crippen molar-refractivity contribution in [3.8, 4) is 0 Å². The first-order valence-corrected chi connectivity index (χ1v) is 8.09. The number of amides is 1. The zero-order chi connectivity index (χ0) is 17.2. The summed E-state index contributed by atoms with van der Waals surface area (Å²) in [7, 11) is 0. The molecule has 0 aliphatic carbocycles. The van der Waals surface area contributed by atoms with E-state index in [-0.39, 0.29) is 11.7 Å². The first kappa shape index (κ1) is 15.3. The maximum Gasteiger partial charge on any atom is 0.255 e. The summed E-state index contributed by atoms with van der Waals surface area (Å²) in [5.74, 6) is -0.678. The summed E-state index contributed by atoms with van der Waals surface area (Å²) in [5.41, 5.74) is 4.06. The zero-order valence-corrected chi connectivity index (χ0v) is 13.4. The number of fused-ring (bicyclic) bond motifs is 1. The van der Waals surface area contributed by atoms with Gasteiger partial charge in [0.1, 0.15) is 5.82 Å². The maximum absolute atomic E-state index is 13.8. The van der Waals surface area contributed by atoms with Gasteiger partial charge in [0, 0.05) is 30.2 Å². The highest BCUT2D eigenvalue weighted by Crippen LogP contribution is 2.38. The van der Waals surface area contributed by atoms with Crippen molar-refractivity contribution in [2.45, 2.75) is 6.42 Å². The van der Waals surface area contributed by atoms with Crippen LogP contribution >= 0.6 is 0 Å². The van der Waals surface area contributed by atoms with E-state index in [9.17, 15) is 9.18 Å². The molecular weight excluding hydrogens is 317 g/mol. The van der Waals surface area contributed by atoms with Gasteiger partial charge in [-0.25, -0.2) is 4.39 Å². The molecule has 0 radical (unpaired) electrons. The van der Waals surface area contributed by atoms with Gasteiger partial charge in [-0.1, -0.05) is 18.2 Å². The number of hydrogen-bond donors (Lipinski definition) is 1. The van der Waals surface area contributed by atoms with Crippen LogP contribution in [-0.4, -0.2) is 17.4 Å². The van der Waals surface area contributed by atoms with Crippen molar-refractivity contribution in [1.29, 1.82) is 0 Å². The summed E-state index contributed by atoms with van der Waals surface area (Å²) in [4.78, 5) is 18.5. The number of para-hydroxylation sites is 1. The van der Waals surface area contributed by atoms with Gasteiger partial charge in [-0.05, 0) is 48.4 Å². The van der Waals surface area contributed by atoms with E-state index in [1.54, 1.807) is 30.6 Å². The fourth-order valence-corrected chi connectivity index (χ4v) is 3.13. The van der Waals surface area contributed by atoms with Crippen molar-refractivity contribution in [3.63, 3.8) is 0 Å². The fraction of sp³-hybridized carbons (Fsp3) is 0.100. The normalized spacial score (nSPS) is 12.8. The lowest BCUT2D eigenvalue weighted by Crippen LogP contribution is -2.18. The topological polar surface area (TPSA) is 45.2 Å². The molecule has 0 atom stereocenters. The Labute approximate surface area is 144 Å². The van der Waals surface area contributed by atoms with Gasteiger partial charge in [-0.2, -0.15) is 0 Å². The summed E-state index contributed by atoms with van der Waals surface area (Å²) in [6.07, 6.45) is 4.03. The number of carbonyl (C=O) groups excluding carboxylic acids is 1. The van der Waals surface area contributed by atoms with E-state index < -0.39 is 0 Å². The number of aromatic nitrogens is 1. The van der Waals surface area contributed by atoms with E-state index in [0.717, 1.165) is 24.3 Å².